The third-order valence-electron chi connectivity index (χ3n) is 9.27. The van der Waals surface area contributed by atoms with E-state index >= 15 is 0 Å². The molecule has 4 fully saturated rings. The highest BCUT2D eigenvalue weighted by molar-refractivity contribution is 5.73. The molecule has 0 spiro atoms. The third-order valence-corrected chi connectivity index (χ3v) is 9.27. The van der Waals surface area contributed by atoms with Gasteiger partial charge in [0, 0.05) is 6.92 Å². The van der Waals surface area contributed by atoms with Crippen LogP contribution in [0.4, 0.5) is 0 Å². The predicted octanol–water partition coefficient (Wildman–Crippen LogP) is -7.10. The molecular formula is C30H53NO20. The van der Waals surface area contributed by atoms with Gasteiger partial charge in [-0.1, -0.05) is 0 Å². The van der Waals surface area contributed by atoms with Gasteiger partial charge in [0.2, 0.25) is 5.91 Å². The molecule has 0 aromatic carbocycles. The lowest BCUT2D eigenvalue weighted by atomic mass is 9.94. The summed E-state index contributed by atoms with van der Waals surface area (Å²) in [6.45, 7) is 2.78. The van der Waals surface area contributed by atoms with E-state index in [1.807, 2.05) is 0 Å². The number of amides is 1. The van der Waals surface area contributed by atoms with Crippen molar-refractivity contribution in [3.05, 3.63) is 0 Å². The summed E-state index contributed by atoms with van der Waals surface area (Å²) in [5, 5.41) is 119. The van der Waals surface area contributed by atoms with Crippen LogP contribution in [-0.4, -0.2) is 217 Å². The molecule has 21 heteroatoms. The molecule has 0 aromatic rings. The first kappa shape index (κ1) is 42.5. The van der Waals surface area contributed by atoms with Gasteiger partial charge in [0.25, 0.3) is 0 Å². The zero-order chi connectivity index (χ0) is 37.9. The van der Waals surface area contributed by atoms with E-state index in [2.05, 4.69) is 5.32 Å². The number of nitrogens with one attached hydrogen (secondary N) is 1. The van der Waals surface area contributed by atoms with Gasteiger partial charge in [-0.2, -0.15) is 0 Å². The molecule has 51 heavy (non-hydrogen) atoms. The van der Waals surface area contributed by atoms with Crippen LogP contribution in [0.5, 0.6) is 0 Å². The third kappa shape index (κ3) is 9.33. The minimum Gasteiger partial charge on any atom is -0.394 e. The maximum absolute atomic E-state index is 12.3. The fraction of sp³-hybridized carbons (Fsp3) is 0.967. The lowest BCUT2D eigenvalue weighted by Gasteiger charge is -2.50. The molecule has 21 nitrogen and oxygen atoms in total. The Morgan fingerprint density at radius 1 is 0.569 bits per heavy atom. The molecule has 0 radical (unpaired) electrons. The Labute approximate surface area is 293 Å². The second kappa shape index (κ2) is 18.4. The molecule has 1 amide bonds. The fourth-order valence-corrected chi connectivity index (χ4v) is 6.61. The quantitative estimate of drug-likeness (QED) is 0.0833. The number of carbonyl (C=O) groups is 1. The Kier molecular flexibility index (Phi) is 15.3. The molecule has 0 aromatic heterocycles. The Bertz CT molecular complexity index is 1090. The van der Waals surface area contributed by atoms with Gasteiger partial charge in [-0.25, -0.2) is 0 Å². The minimum atomic E-state index is -1.95. The molecule has 0 bridgehead atoms. The minimum absolute atomic E-state index is 0.480. The molecule has 4 heterocycles. The normalized spacial score (nSPS) is 48.1. The van der Waals surface area contributed by atoms with Crippen LogP contribution in [0.2, 0.25) is 0 Å². The van der Waals surface area contributed by atoms with E-state index in [9.17, 15) is 61.0 Å². The molecule has 0 aliphatic carbocycles. The predicted molar refractivity (Wildman–Crippen MR) is 163 cm³/mol. The van der Waals surface area contributed by atoms with Crippen molar-refractivity contribution in [3.8, 4) is 0 Å². The molecular weight excluding hydrogens is 694 g/mol. The Morgan fingerprint density at radius 2 is 1.00 bits per heavy atom. The zero-order valence-electron chi connectivity index (χ0n) is 28.5. The van der Waals surface area contributed by atoms with E-state index in [0.29, 0.717) is 0 Å². The molecule has 4 saturated heterocycles. The SMILES string of the molecule is CC(=O)NC1[C@H](O[C@@H]2C(O)[C@H](O[C@@H]3C(CO)OC(C)C(O)[C@H]3O)OC(CO)[C@@H]2O)OC(CO)[C@@H](O[C@@H]2OC(CO)[C@H](O)[C@H](OC(C)C)C2O)[C@@H]1O. The lowest BCUT2D eigenvalue weighted by Crippen LogP contribution is -2.70. The van der Waals surface area contributed by atoms with E-state index in [0.717, 1.165) is 6.92 Å². The molecule has 4 aliphatic rings. The highest BCUT2D eigenvalue weighted by atomic mass is 16.8. The molecule has 4 rings (SSSR count). The van der Waals surface area contributed by atoms with Crippen molar-refractivity contribution in [3.63, 3.8) is 0 Å². The molecule has 0 saturated carbocycles. The van der Waals surface area contributed by atoms with Gasteiger partial charge in [0.1, 0.15) is 97.6 Å². The average molecular weight is 748 g/mol. The van der Waals surface area contributed by atoms with Gasteiger partial charge in [-0.3, -0.25) is 4.79 Å². The van der Waals surface area contributed by atoms with Crippen LogP contribution < -0.4 is 5.32 Å². The number of hydrogen-bond donors (Lipinski definition) is 12. The smallest absolute Gasteiger partial charge is 0.217 e. The van der Waals surface area contributed by atoms with E-state index < -0.39 is 161 Å². The lowest BCUT2D eigenvalue weighted by molar-refractivity contribution is -0.377. The maximum atomic E-state index is 12.3. The van der Waals surface area contributed by atoms with Crippen LogP contribution in [0.3, 0.4) is 0 Å². The largest absolute Gasteiger partial charge is 0.394 e. The van der Waals surface area contributed by atoms with Crippen molar-refractivity contribution in [2.75, 3.05) is 26.4 Å². The maximum Gasteiger partial charge on any atom is 0.217 e. The van der Waals surface area contributed by atoms with E-state index in [1.54, 1.807) is 13.8 Å². The second-order valence-electron chi connectivity index (χ2n) is 13.4. The van der Waals surface area contributed by atoms with Crippen molar-refractivity contribution in [1.29, 1.82) is 0 Å². The first-order chi connectivity index (χ1) is 24.1. The van der Waals surface area contributed by atoms with E-state index in [4.69, 9.17) is 37.9 Å². The fourth-order valence-electron chi connectivity index (χ4n) is 6.61. The number of aliphatic hydroxyl groups excluding tert-OH is 11. The summed E-state index contributed by atoms with van der Waals surface area (Å²) in [6, 6.07) is -1.56. The van der Waals surface area contributed by atoms with E-state index in [-0.39, 0.29) is 0 Å². The second-order valence-corrected chi connectivity index (χ2v) is 13.4. The highest BCUT2D eigenvalue weighted by Crippen LogP contribution is 2.35. The van der Waals surface area contributed by atoms with Crippen molar-refractivity contribution in [2.45, 2.75) is 156 Å². The Hall–Kier alpha value is -1.29. The molecule has 9 unspecified atom stereocenters. The first-order valence-electron chi connectivity index (χ1n) is 16.8. The van der Waals surface area contributed by atoms with Gasteiger partial charge < -0.3 is 99.4 Å². The van der Waals surface area contributed by atoms with Gasteiger partial charge >= 0.3 is 0 Å². The monoisotopic (exact) mass is 747 g/mol. The number of rotatable bonds is 13. The van der Waals surface area contributed by atoms with Crippen molar-refractivity contribution in [1.82, 2.24) is 5.32 Å². The van der Waals surface area contributed by atoms with Gasteiger partial charge in [0.15, 0.2) is 18.9 Å². The Morgan fingerprint density at radius 3 is 1.49 bits per heavy atom. The number of carbonyl (C=O) groups excluding carboxylic acids is 1. The Balaban J connectivity index is 1.57. The van der Waals surface area contributed by atoms with Crippen LogP contribution in [-0.2, 0) is 42.7 Å². The van der Waals surface area contributed by atoms with Crippen LogP contribution in [0, 0.1) is 0 Å². The zero-order valence-corrected chi connectivity index (χ0v) is 28.5. The van der Waals surface area contributed by atoms with Crippen LogP contribution in [0.1, 0.15) is 27.7 Å². The summed E-state index contributed by atoms with van der Waals surface area (Å²) in [5.74, 6) is -0.711. The number of aliphatic hydroxyl groups is 11. The summed E-state index contributed by atoms with van der Waals surface area (Å²) in [4.78, 5) is 12.3. The van der Waals surface area contributed by atoms with E-state index in [1.165, 1.54) is 6.92 Å². The summed E-state index contributed by atoms with van der Waals surface area (Å²) in [6.07, 6.45) is -29.9. The van der Waals surface area contributed by atoms with Crippen LogP contribution in [0.25, 0.3) is 0 Å². The van der Waals surface area contributed by atoms with Crippen molar-refractivity contribution >= 4 is 5.91 Å². The van der Waals surface area contributed by atoms with Crippen LogP contribution in [0.15, 0.2) is 0 Å². The summed E-state index contributed by atoms with van der Waals surface area (Å²) in [7, 11) is 0. The molecule has 4 aliphatic heterocycles. The first-order valence-corrected chi connectivity index (χ1v) is 16.8. The van der Waals surface area contributed by atoms with Crippen molar-refractivity contribution in [2.24, 2.45) is 0 Å². The van der Waals surface area contributed by atoms with Gasteiger partial charge in [-0.05, 0) is 20.8 Å². The average Bonchev–Trinajstić information content (AvgIpc) is 3.09. The number of hydrogen-bond acceptors (Lipinski definition) is 20. The molecule has 20 atom stereocenters. The summed E-state index contributed by atoms with van der Waals surface area (Å²) in [5.41, 5.74) is 0. The van der Waals surface area contributed by atoms with Gasteiger partial charge in [0.05, 0.1) is 38.6 Å². The highest BCUT2D eigenvalue weighted by Gasteiger charge is 2.55. The molecule has 298 valence electrons. The number of ether oxygens (including phenoxy) is 8. The molecule has 12 N–H and O–H groups in total. The standard InChI is InChI=1S/C30H53NO20/c1-9(2)44-26-18(38)12(5-32)46-29(22(26)42)49-24-15(8-35)48-28(16(20(24)40)31-11(4)36)51-27-19(39)13(6-33)47-30(23(27)43)50-25-14(7-34)45-10(3)17(37)21(25)41/h9-10,12-30,32-35,37-43H,5-8H2,1-4H3,(H,31,36)/t10?,12?,13?,14?,15?,16?,17?,18-,19-,20+,21+,22?,23?,24+,25+,26-,27-,28-,29-,30-/m0/s1. The van der Waals surface area contributed by atoms with Gasteiger partial charge in [-0.15, -0.1) is 0 Å². The topological polar surface area (TPSA) is 325 Å². The van der Waals surface area contributed by atoms with Crippen LogP contribution >= 0.6 is 0 Å². The summed E-state index contributed by atoms with van der Waals surface area (Å²) >= 11 is 0. The summed E-state index contributed by atoms with van der Waals surface area (Å²) < 4.78 is 45.6. The van der Waals surface area contributed by atoms with Crippen molar-refractivity contribution < 1.29 is 98.9 Å².